The van der Waals surface area contributed by atoms with Gasteiger partial charge < -0.3 is 5.11 Å². The van der Waals surface area contributed by atoms with Gasteiger partial charge >= 0.3 is 5.97 Å². The van der Waals surface area contributed by atoms with E-state index in [0.29, 0.717) is 0 Å². The summed E-state index contributed by atoms with van der Waals surface area (Å²) in [5.74, 6) is -3.03. The van der Waals surface area contributed by atoms with Crippen LogP contribution in [0.4, 0.5) is 0 Å². The maximum Gasteiger partial charge on any atom is 0.372 e. The van der Waals surface area contributed by atoms with Crippen LogP contribution in [0.25, 0.3) is 0 Å². The number of hydrogen-bond acceptors (Lipinski definition) is 3. The number of Topliss-reactive ketones (excluding diaryl/α,β-unsaturated/α-hetero) is 2. The van der Waals surface area contributed by atoms with Crippen LogP contribution >= 0.6 is 0 Å². The van der Waals surface area contributed by atoms with Gasteiger partial charge in [-0.2, -0.15) is 0 Å². The Labute approximate surface area is 70.4 Å². The standard InChI is InChI=1S/C5H6O4.Rh/c1-3(6)2-4(7)5(8)9;/h2H2,1H3,(H,8,9);. The number of aliphatic carboxylic acids is 1. The van der Waals surface area contributed by atoms with E-state index in [2.05, 4.69) is 0 Å². The number of carbonyl (C=O) groups excluding carboxylic acids is 2. The van der Waals surface area contributed by atoms with Crippen LogP contribution in [0.5, 0.6) is 0 Å². The van der Waals surface area contributed by atoms with Crippen molar-refractivity contribution in [2.24, 2.45) is 0 Å². The predicted molar refractivity (Wildman–Crippen MR) is 27.9 cm³/mol. The van der Waals surface area contributed by atoms with Crippen molar-refractivity contribution in [3.05, 3.63) is 0 Å². The molecular weight excluding hydrogens is 227 g/mol. The molecular formula is C5H6O4Rh. The molecule has 10 heavy (non-hydrogen) atoms. The Kier molecular flexibility index (Phi) is 6.36. The molecule has 0 amide bonds. The second kappa shape index (κ2) is 5.24. The molecule has 0 aliphatic rings. The van der Waals surface area contributed by atoms with E-state index in [-0.39, 0.29) is 19.5 Å². The maximum atomic E-state index is 10.1. The van der Waals surface area contributed by atoms with E-state index < -0.39 is 24.0 Å². The first-order valence-electron chi connectivity index (χ1n) is 2.29. The van der Waals surface area contributed by atoms with Crippen molar-refractivity contribution in [3.63, 3.8) is 0 Å². The van der Waals surface area contributed by atoms with Crippen molar-refractivity contribution in [2.45, 2.75) is 13.3 Å². The molecule has 0 spiro atoms. The Morgan fingerprint density at radius 1 is 1.30 bits per heavy atom. The number of carboxylic acids is 1. The average Bonchev–Trinajstić information content (AvgIpc) is 1.63. The summed E-state index contributed by atoms with van der Waals surface area (Å²) in [5, 5.41) is 7.93. The van der Waals surface area contributed by atoms with Crippen LogP contribution in [-0.2, 0) is 33.9 Å². The molecule has 0 unspecified atom stereocenters. The van der Waals surface area contributed by atoms with Crippen LogP contribution in [-0.4, -0.2) is 22.6 Å². The van der Waals surface area contributed by atoms with Crippen molar-refractivity contribution < 1.29 is 39.0 Å². The van der Waals surface area contributed by atoms with Gasteiger partial charge in [-0.05, 0) is 6.92 Å². The topological polar surface area (TPSA) is 71.4 Å². The van der Waals surface area contributed by atoms with E-state index >= 15 is 0 Å². The minimum Gasteiger partial charge on any atom is -0.475 e. The second-order valence-electron chi connectivity index (χ2n) is 1.61. The first kappa shape index (κ1) is 12.1. The normalized spacial score (nSPS) is 7.70. The first-order chi connectivity index (χ1) is 4.04. The zero-order valence-corrected chi connectivity index (χ0v) is 6.85. The minimum atomic E-state index is -1.55. The smallest absolute Gasteiger partial charge is 0.372 e. The van der Waals surface area contributed by atoms with E-state index in [9.17, 15) is 14.4 Å². The fourth-order valence-corrected chi connectivity index (χ4v) is 0.302. The molecule has 0 saturated carbocycles. The molecule has 0 aromatic rings. The van der Waals surface area contributed by atoms with Crippen molar-refractivity contribution >= 4 is 17.5 Å². The zero-order chi connectivity index (χ0) is 7.44. The molecule has 4 nitrogen and oxygen atoms in total. The Morgan fingerprint density at radius 3 is 1.80 bits per heavy atom. The molecule has 0 aliphatic carbocycles. The van der Waals surface area contributed by atoms with Crippen LogP contribution in [0.15, 0.2) is 0 Å². The Morgan fingerprint density at radius 2 is 1.70 bits per heavy atom. The average molecular weight is 233 g/mol. The molecule has 0 bridgehead atoms. The zero-order valence-electron chi connectivity index (χ0n) is 5.21. The van der Waals surface area contributed by atoms with Gasteiger partial charge in [0.05, 0.1) is 6.42 Å². The van der Waals surface area contributed by atoms with Crippen LogP contribution in [0, 0.1) is 0 Å². The summed E-state index contributed by atoms with van der Waals surface area (Å²) < 4.78 is 0. The molecule has 0 fully saturated rings. The van der Waals surface area contributed by atoms with Gasteiger partial charge in [-0.3, -0.25) is 9.59 Å². The van der Waals surface area contributed by atoms with Gasteiger partial charge in [-0.25, -0.2) is 4.79 Å². The van der Waals surface area contributed by atoms with Crippen molar-refractivity contribution in [2.75, 3.05) is 0 Å². The van der Waals surface area contributed by atoms with Crippen LogP contribution in [0.2, 0.25) is 0 Å². The Bertz CT molecular complexity index is 163. The molecule has 0 aromatic heterocycles. The third-order valence-corrected chi connectivity index (χ3v) is 0.648. The summed E-state index contributed by atoms with van der Waals surface area (Å²) in [6, 6.07) is 0. The molecule has 0 saturated heterocycles. The summed E-state index contributed by atoms with van der Waals surface area (Å²) in [6.45, 7) is 1.17. The van der Waals surface area contributed by atoms with Crippen molar-refractivity contribution in [1.29, 1.82) is 0 Å². The molecule has 0 aromatic carbocycles. The van der Waals surface area contributed by atoms with Gasteiger partial charge in [-0.15, -0.1) is 0 Å². The number of carboxylic acid groups (broad SMARTS) is 1. The number of carbonyl (C=O) groups is 3. The summed E-state index contributed by atoms with van der Waals surface area (Å²) in [7, 11) is 0. The van der Waals surface area contributed by atoms with E-state index in [1.54, 1.807) is 0 Å². The number of ketones is 2. The predicted octanol–water partition coefficient (Wildman–Crippen LogP) is -0.383. The fraction of sp³-hybridized carbons (Fsp3) is 0.400. The van der Waals surface area contributed by atoms with Gasteiger partial charge in [0.1, 0.15) is 5.78 Å². The van der Waals surface area contributed by atoms with Gasteiger partial charge in [0, 0.05) is 19.5 Å². The molecule has 59 valence electrons. The summed E-state index contributed by atoms with van der Waals surface area (Å²) in [6.07, 6.45) is -0.505. The van der Waals surface area contributed by atoms with Crippen LogP contribution in [0.1, 0.15) is 13.3 Å². The van der Waals surface area contributed by atoms with E-state index in [1.807, 2.05) is 0 Å². The summed E-state index contributed by atoms with van der Waals surface area (Å²) >= 11 is 0. The van der Waals surface area contributed by atoms with Gasteiger partial charge in [-0.1, -0.05) is 0 Å². The minimum absolute atomic E-state index is 0. The third-order valence-electron chi connectivity index (χ3n) is 0.648. The van der Waals surface area contributed by atoms with Crippen molar-refractivity contribution in [1.82, 2.24) is 0 Å². The largest absolute Gasteiger partial charge is 0.475 e. The summed E-state index contributed by atoms with van der Waals surface area (Å²) in [5.41, 5.74) is 0. The molecule has 5 heteroatoms. The van der Waals surface area contributed by atoms with Gasteiger partial charge in [0.25, 0.3) is 0 Å². The molecule has 0 atom stereocenters. The molecule has 0 rings (SSSR count). The Hall–Kier alpha value is -0.567. The quantitative estimate of drug-likeness (QED) is 0.409. The number of hydrogen-bond donors (Lipinski definition) is 1. The second-order valence-corrected chi connectivity index (χ2v) is 1.61. The SMILES string of the molecule is CC(=O)CC(=O)C(=O)O.[Rh]. The van der Waals surface area contributed by atoms with E-state index in [0.717, 1.165) is 0 Å². The molecule has 0 aliphatic heterocycles. The maximum absolute atomic E-state index is 10.1. The van der Waals surface area contributed by atoms with E-state index in [4.69, 9.17) is 5.11 Å². The molecule has 1 radical (unpaired) electrons. The monoisotopic (exact) mass is 233 g/mol. The third kappa shape index (κ3) is 5.57. The van der Waals surface area contributed by atoms with Crippen molar-refractivity contribution in [3.8, 4) is 0 Å². The first-order valence-corrected chi connectivity index (χ1v) is 2.29. The number of rotatable bonds is 3. The molecule has 0 heterocycles. The van der Waals surface area contributed by atoms with Gasteiger partial charge in [0.15, 0.2) is 0 Å². The Balaban J connectivity index is 0. The van der Waals surface area contributed by atoms with Crippen LogP contribution in [0.3, 0.4) is 0 Å². The van der Waals surface area contributed by atoms with E-state index in [1.165, 1.54) is 6.92 Å². The fourth-order valence-electron chi connectivity index (χ4n) is 0.302. The molecule has 1 N–H and O–H groups in total. The van der Waals surface area contributed by atoms with Crippen LogP contribution < -0.4 is 0 Å². The summed E-state index contributed by atoms with van der Waals surface area (Å²) in [4.78, 5) is 29.9. The van der Waals surface area contributed by atoms with Gasteiger partial charge in [0.2, 0.25) is 5.78 Å².